The molecule has 0 aliphatic rings. The Kier molecular flexibility index (Phi) is 10.2. The molecule has 0 amide bonds. The number of para-hydroxylation sites is 6. The standard InChI is InChI=1S/3C6H6O2.V/c3*7-5-3-1-2-4-6(5)8;/h3*1-4,7-8H;. The molecular weight excluding hydrogens is 363 g/mol. The topological polar surface area (TPSA) is 121 Å². The maximum atomic E-state index is 8.67. The van der Waals surface area contributed by atoms with Crippen LogP contribution in [0.1, 0.15) is 0 Å². The van der Waals surface area contributed by atoms with Gasteiger partial charge in [0, 0.05) is 18.6 Å². The number of rotatable bonds is 0. The maximum Gasteiger partial charge on any atom is 0.157 e. The van der Waals surface area contributed by atoms with Crippen LogP contribution in [0.5, 0.6) is 34.5 Å². The van der Waals surface area contributed by atoms with Gasteiger partial charge in [-0.15, -0.1) is 0 Å². The van der Waals surface area contributed by atoms with Gasteiger partial charge in [0.2, 0.25) is 0 Å². The predicted molar refractivity (Wildman–Crippen MR) is 89.3 cm³/mol. The van der Waals surface area contributed by atoms with E-state index >= 15 is 0 Å². The van der Waals surface area contributed by atoms with Gasteiger partial charge in [0.15, 0.2) is 34.5 Å². The first kappa shape index (κ1) is 22.0. The first-order valence-corrected chi connectivity index (χ1v) is 6.82. The molecule has 1 radical (unpaired) electrons. The SMILES string of the molecule is Oc1ccccc1O.Oc1ccccc1O.Oc1ccccc1O.[V]. The molecule has 3 aromatic carbocycles. The van der Waals surface area contributed by atoms with Crippen LogP contribution < -0.4 is 0 Å². The van der Waals surface area contributed by atoms with E-state index in [1.807, 2.05) is 0 Å². The fourth-order valence-corrected chi connectivity index (χ4v) is 1.39. The van der Waals surface area contributed by atoms with Crippen molar-refractivity contribution in [2.75, 3.05) is 0 Å². The van der Waals surface area contributed by atoms with Gasteiger partial charge in [-0.3, -0.25) is 0 Å². The fourth-order valence-electron chi connectivity index (χ4n) is 1.39. The monoisotopic (exact) mass is 381 g/mol. The largest absolute Gasteiger partial charge is 0.504 e. The summed E-state index contributed by atoms with van der Waals surface area (Å²) in [7, 11) is 0. The molecular formula is C18H18O6V. The third-order valence-corrected chi connectivity index (χ3v) is 2.65. The molecule has 25 heavy (non-hydrogen) atoms. The molecule has 0 aliphatic heterocycles. The summed E-state index contributed by atoms with van der Waals surface area (Å²) < 4.78 is 0. The van der Waals surface area contributed by atoms with Gasteiger partial charge < -0.3 is 30.6 Å². The predicted octanol–water partition coefficient (Wildman–Crippen LogP) is 3.29. The molecule has 0 aliphatic carbocycles. The molecule has 131 valence electrons. The van der Waals surface area contributed by atoms with E-state index in [0.717, 1.165) is 0 Å². The number of benzene rings is 3. The molecule has 0 heterocycles. The molecule has 0 bridgehead atoms. The van der Waals surface area contributed by atoms with E-state index in [0.29, 0.717) is 0 Å². The summed E-state index contributed by atoms with van der Waals surface area (Å²) in [6, 6.07) is 18.4. The van der Waals surface area contributed by atoms with Gasteiger partial charge in [0.1, 0.15) is 0 Å². The van der Waals surface area contributed by atoms with Crippen molar-refractivity contribution in [1.29, 1.82) is 0 Å². The Morgan fingerprint density at radius 1 is 0.320 bits per heavy atom. The first-order chi connectivity index (χ1) is 11.4. The molecule has 0 saturated carbocycles. The smallest absolute Gasteiger partial charge is 0.157 e. The van der Waals surface area contributed by atoms with Crippen molar-refractivity contribution in [1.82, 2.24) is 0 Å². The Hall–Kier alpha value is -2.96. The molecule has 0 atom stereocenters. The summed E-state index contributed by atoms with van der Waals surface area (Å²) in [4.78, 5) is 0. The average molecular weight is 381 g/mol. The van der Waals surface area contributed by atoms with Gasteiger partial charge in [-0.2, -0.15) is 0 Å². The first-order valence-electron chi connectivity index (χ1n) is 6.82. The summed E-state index contributed by atoms with van der Waals surface area (Å²) >= 11 is 0. The summed E-state index contributed by atoms with van der Waals surface area (Å²) in [6.07, 6.45) is 0. The molecule has 6 nitrogen and oxygen atoms in total. The molecule has 0 unspecified atom stereocenters. The van der Waals surface area contributed by atoms with Gasteiger partial charge >= 0.3 is 0 Å². The van der Waals surface area contributed by atoms with E-state index in [1.54, 1.807) is 36.4 Å². The van der Waals surface area contributed by atoms with E-state index in [1.165, 1.54) is 36.4 Å². The van der Waals surface area contributed by atoms with Crippen LogP contribution in [0.25, 0.3) is 0 Å². The molecule has 0 spiro atoms. The maximum absolute atomic E-state index is 8.67. The number of phenols is 6. The Morgan fingerprint density at radius 3 is 0.520 bits per heavy atom. The second kappa shape index (κ2) is 11.6. The van der Waals surface area contributed by atoms with Crippen LogP contribution in [0.4, 0.5) is 0 Å². The van der Waals surface area contributed by atoms with Gasteiger partial charge in [0.25, 0.3) is 0 Å². The quantitative estimate of drug-likeness (QED) is 0.332. The molecule has 0 aromatic heterocycles. The summed E-state index contributed by atoms with van der Waals surface area (Å²) in [5, 5.41) is 52.0. The van der Waals surface area contributed by atoms with Crippen LogP contribution >= 0.6 is 0 Å². The van der Waals surface area contributed by atoms with Gasteiger partial charge in [-0.1, -0.05) is 36.4 Å². The van der Waals surface area contributed by atoms with Crippen LogP contribution in [0.2, 0.25) is 0 Å². The Balaban J connectivity index is 0.000000339. The minimum Gasteiger partial charge on any atom is -0.504 e. The number of phenolic OH excluding ortho intramolecular Hbond substituents is 6. The fraction of sp³-hybridized carbons (Fsp3) is 0. The number of hydrogen-bond acceptors (Lipinski definition) is 6. The van der Waals surface area contributed by atoms with Crippen molar-refractivity contribution in [3.8, 4) is 34.5 Å². The van der Waals surface area contributed by atoms with E-state index in [2.05, 4.69) is 0 Å². The number of hydrogen-bond donors (Lipinski definition) is 6. The van der Waals surface area contributed by atoms with Crippen LogP contribution in [0.15, 0.2) is 72.8 Å². The zero-order chi connectivity index (χ0) is 17.9. The Morgan fingerprint density at radius 2 is 0.440 bits per heavy atom. The second-order valence-corrected chi connectivity index (χ2v) is 4.47. The van der Waals surface area contributed by atoms with E-state index in [9.17, 15) is 0 Å². The molecule has 3 rings (SSSR count). The van der Waals surface area contributed by atoms with E-state index in [-0.39, 0.29) is 53.1 Å². The van der Waals surface area contributed by atoms with Crippen molar-refractivity contribution >= 4 is 0 Å². The Labute approximate surface area is 156 Å². The van der Waals surface area contributed by atoms with Crippen molar-refractivity contribution in [3.63, 3.8) is 0 Å². The molecule has 3 aromatic rings. The van der Waals surface area contributed by atoms with Crippen LogP contribution in [0, 0.1) is 0 Å². The average Bonchev–Trinajstić information content (AvgIpc) is 2.57. The minimum absolute atomic E-state index is 0. The van der Waals surface area contributed by atoms with Gasteiger partial charge in [0.05, 0.1) is 0 Å². The van der Waals surface area contributed by atoms with Crippen molar-refractivity contribution in [2.45, 2.75) is 0 Å². The zero-order valence-corrected chi connectivity index (χ0v) is 14.5. The molecule has 7 heteroatoms. The summed E-state index contributed by atoms with van der Waals surface area (Å²) in [6.45, 7) is 0. The van der Waals surface area contributed by atoms with Gasteiger partial charge in [-0.05, 0) is 36.4 Å². The van der Waals surface area contributed by atoms with E-state index < -0.39 is 0 Å². The summed E-state index contributed by atoms with van der Waals surface area (Å²) in [5.41, 5.74) is 0. The summed E-state index contributed by atoms with van der Waals surface area (Å²) in [5.74, 6) is -0.458. The van der Waals surface area contributed by atoms with Crippen LogP contribution in [0.3, 0.4) is 0 Å². The molecule has 0 fully saturated rings. The van der Waals surface area contributed by atoms with Crippen molar-refractivity contribution in [2.24, 2.45) is 0 Å². The third-order valence-electron chi connectivity index (χ3n) is 2.65. The number of aromatic hydroxyl groups is 6. The Bertz CT molecular complexity index is 597. The molecule has 0 saturated heterocycles. The molecule has 6 N–H and O–H groups in total. The van der Waals surface area contributed by atoms with Gasteiger partial charge in [-0.25, -0.2) is 0 Å². The van der Waals surface area contributed by atoms with E-state index in [4.69, 9.17) is 30.6 Å². The zero-order valence-electron chi connectivity index (χ0n) is 13.1. The van der Waals surface area contributed by atoms with Crippen LogP contribution in [-0.2, 0) is 18.6 Å². The minimum atomic E-state index is -0.0764. The third kappa shape index (κ3) is 8.46. The van der Waals surface area contributed by atoms with Crippen molar-refractivity contribution in [3.05, 3.63) is 72.8 Å². The van der Waals surface area contributed by atoms with Crippen molar-refractivity contribution < 1.29 is 49.2 Å². The van der Waals surface area contributed by atoms with Crippen LogP contribution in [-0.4, -0.2) is 30.6 Å². The second-order valence-electron chi connectivity index (χ2n) is 4.47. The normalized spacial score (nSPS) is 8.64.